The number of aromatic amines is 1. The second-order valence-corrected chi connectivity index (χ2v) is 7.77. The van der Waals surface area contributed by atoms with Gasteiger partial charge in [-0.15, -0.1) is 0 Å². The molecular formula is C22H23NO6. The number of para-hydroxylation sites is 1. The number of ether oxygens (including phenoxy) is 2. The first-order chi connectivity index (χ1) is 14.0. The van der Waals surface area contributed by atoms with Crippen LogP contribution in [0.15, 0.2) is 48.5 Å². The second-order valence-electron chi connectivity index (χ2n) is 7.77. The smallest absolute Gasteiger partial charge is 0.225 e. The monoisotopic (exact) mass is 397 g/mol. The van der Waals surface area contributed by atoms with Crippen molar-refractivity contribution < 1.29 is 29.9 Å². The Morgan fingerprint density at radius 2 is 1.86 bits per heavy atom. The lowest BCUT2D eigenvalue weighted by atomic mass is 9.86. The number of rotatable bonds is 3. The number of fused-ring (bicyclic) bond motifs is 3. The van der Waals surface area contributed by atoms with Crippen molar-refractivity contribution in [2.45, 2.75) is 43.2 Å². The second kappa shape index (κ2) is 6.91. The summed E-state index contributed by atoms with van der Waals surface area (Å²) in [5.74, 6) is -1.61. The summed E-state index contributed by atoms with van der Waals surface area (Å²) >= 11 is 0. The van der Waals surface area contributed by atoms with Gasteiger partial charge in [-0.2, -0.15) is 0 Å². The van der Waals surface area contributed by atoms with Gasteiger partial charge in [0.2, 0.25) is 5.79 Å². The van der Waals surface area contributed by atoms with Crippen molar-refractivity contribution in [3.05, 3.63) is 70.9 Å². The zero-order valence-electron chi connectivity index (χ0n) is 15.7. The fourth-order valence-electron chi connectivity index (χ4n) is 4.38. The molecule has 1 aromatic heterocycles. The molecule has 5 N–H and O–H groups in total. The van der Waals surface area contributed by atoms with Gasteiger partial charge in [0.05, 0.1) is 13.2 Å². The molecule has 3 heterocycles. The number of benzene rings is 2. The molecule has 7 heteroatoms. The quantitative estimate of drug-likeness (QED) is 0.449. The van der Waals surface area contributed by atoms with Crippen molar-refractivity contribution in [2.24, 2.45) is 0 Å². The van der Waals surface area contributed by atoms with Crippen LogP contribution >= 0.6 is 0 Å². The van der Waals surface area contributed by atoms with Crippen LogP contribution in [0.2, 0.25) is 0 Å². The van der Waals surface area contributed by atoms with Gasteiger partial charge in [0, 0.05) is 23.2 Å². The van der Waals surface area contributed by atoms with Crippen LogP contribution in [0.25, 0.3) is 10.9 Å². The highest BCUT2D eigenvalue weighted by atomic mass is 16.7. The summed E-state index contributed by atoms with van der Waals surface area (Å²) in [6.07, 6.45) is -4.79. The number of nitrogens with one attached hydrogen (secondary N) is 1. The number of aromatic nitrogens is 1. The highest BCUT2D eigenvalue weighted by Gasteiger charge is 2.58. The van der Waals surface area contributed by atoms with E-state index in [1.165, 1.54) is 0 Å². The van der Waals surface area contributed by atoms with Crippen LogP contribution in [0, 0.1) is 0 Å². The van der Waals surface area contributed by atoms with Crippen molar-refractivity contribution in [1.82, 2.24) is 4.98 Å². The first kappa shape index (κ1) is 18.7. The summed E-state index contributed by atoms with van der Waals surface area (Å²) in [7, 11) is 0. The standard InChI is InChI=1S/C22H23NO6/c24-10-18-19(25)20(26)21(27)22(29-18)16-8-12(5-6-14(16)11-28-22)7-15-9-13-3-1-2-4-17(13)23-15/h1-6,8-9,18-21,23-27H,7,10-11H2/t18-,19-,20+,21-,22?/m1/s1. The maximum Gasteiger partial charge on any atom is 0.225 e. The Balaban J connectivity index is 1.50. The molecule has 0 bridgehead atoms. The summed E-state index contributed by atoms with van der Waals surface area (Å²) in [6, 6.07) is 16.0. The number of aliphatic hydroxyl groups is 4. The molecule has 5 rings (SSSR count). The molecule has 0 aliphatic carbocycles. The molecule has 2 aromatic carbocycles. The summed E-state index contributed by atoms with van der Waals surface area (Å²) in [5, 5.41) is 41.7. The van der Waals surface area contributed by atoms with E-state index in [-0.39, 0.29) is 6.61 Å². The number of hydrogen-bond acceptors (Lipinski definition) is 6. The Kier molecular flexibility index (Phi) is 4.47. The molecular weight excluding hydrogens is 374 g/mol. The van der Waals surface area contributed by atoms with E-state index in [9.17, 15) is 20.4 Å². The van der Waals surface area contributed by atoms with Gasteiger partial charge in [0.25, 0.3) is 0 Å². The molecule has 2 aliphatic heterocycles. The van der Waals surface area contributed by atoms with E-state index in [0.717, 1.165) is 27.7 Å². The fourth-order valence-corrected chi connectivity index (χ4v) is 4.38. The lowest BCUT2D eigenvalue weighted by molar-refractivity contribution is -0.368. The molecule has 1 unspecified atom stereocenters. The molecule has 1 fully saturated rings. The van der Waals surface area contributed by atoms with Gasteiger partial charge < -0.3 is 34.9 Å². The first-order valence-electron chi connectivity index (χ1n) is 9.67. The summed E-state index contributed by atoms with van der Waals surface area (Å²) in [6.45, 7) is -0.291. The predicted molar refractivity (Wildman–Crippen MR) is 104 cm³/mol. The first-order valence-corrected chi connectivity index (χ1v) is 9.67. The SMILES string of the molecule is OC[C@H]1OC2(OCc3ccc(Cc4cc5ccccc5[nH]4)cc32)[C@H](O)[C@@H](O)[C@@H]1O. The van der Waals surface area contributed by atoms with Crippen LogP contribution in [0.5, 0.6) is 0 Å². The molecule has 1 spiro atoms. The summed E-state index contributed by atoms with van der Waals surface area (Å²) in [5.41, 5.74) is 4.55. The van der Waals surface area contributed by atoms with E-state index in [1.54, 1.807) is 0 Å². The maximum absolute atomic E-state index is 10.7. The average molecular weight is 397 g/mol. The van der Waals surface area contributed by atoms with Crippen LogP contribution < -0.4 is 0 Å². The van der Waals surface area contributed by atoms with Crippen molar-refractivity contribution in [2.75, 3.05) is 6.61 Å². The summed E-state index contributed by atoms with van der Waals surface area (Å²) in [4.78, 5) is 3.40. The van der Waals surface area contributed by atoms with Crippen LogP contribution in [-0.2, 0) is 28.3 Å². The Morgan fingerprint density at radius 3 is 2.66 bits per heavy atom. The fraction of sp³-hybridized carbons (Fsp3) is 0.364. The van der Waals surface area contributed by atoms with Crippen LogP contribution in [-0.4, -0.2) is 56.4 Å². The Hall–Kier alpha value is -2.26. The minimum atomic E-state index is -1.61. The van der Waals surface area contributed by atoms with Crippen LogP contribution in [0.1, 0.15) is 22.4 Å². The van der Waals surface area contributed by atoms with Gasteiger partial charge in [-0.1, -0.05) is 30.3 Å². The topological polar surface area (TPSA) is 115 Å². The molecule has 0 radical (unpaired) electrons. The lowest BCUT2D eigenvalue weighted by Gasteiger charge is -2.46. The van der Waals surface area contributed by atoms with Crippen molar-refractivity contribution >= 4 is 10.9 Å². The molecule has 2 aliphatic rings. The van der Waals surface area contributed by atoms with E-state index >= 15 is 0 Å². The molecule has 1 saturated heterocycles. The molecule has 29 heavy (non-hydrogen) atoms. The van der Waals surface area contributed by atoms with Gasteiger partial charge in [-0.05, 0) is 34.7 Å². The number of aliphatic hydroxyl groups excluding tert-OH is 4. The molecule has 0 amide bonds. The third kappa shape index (κ3) is 2.90. The lowest BCUT2D eigenvalue weighted by Crippen LogP contribution is -2.63. The Morgan fingerprint density at radius 1 is 1.03 bits per heavy atom. The van der Waals surface area contributed by atoms with Crippen molar-refractivity contribution in [3.8, 4) is 0 Å². The summed E-state index contributed by atoms with van der Waals surface area (Å²) < 4.78 is 11.6. The van der Waals surface area contributed by atoms with E-state index < -0.39 is 36.8 Å². The predicted octanol–water partition coefficient (Wildman–Crippen LogP) is 0.915. The average Bonchev–Trinajstić information content (AvgIpc) is 3.30. The highest BCUT2D eigenvalue weighted by Crippen LogP contribution is 2.46. The van der Waals surface area contributed by atoms with Crippen LogP contribution in [0.4, 0.5) is 0 Å². The van der Waals surface area contributed by atoms with Gasteiger partial charge in [0.15, 0.2) is 0 Å². The van der Waals surface area contributed by atoms with Gasteiger partial charge in [0.1, 0.15) is 24.4 Å². The van der Waals surface area contributed by atoms with Gasteiger partial charge >= 0.3 is 0 Å². The Labute approximate surface area is 167 Å². The normalized spacial score (nSPS) is 31.4. The zero-order chi connectivity index (χ0) is 20.2. The van der Waals surface area contributed by atoms with E-state index in [4.69, 9.17) is 9.47 Å². The third-order valence-corrected chi connectivity index (χ3v) is 5.92. The van der Waals surface area contributed by atoms with E-state index in [1.807, 2.05) is 36.4 Å². The largest absolute Gasteiger partial charge is 0.394 e. The van der Waals surface area contributed by atoms with Crippen molar-refractivity contribution in [1.29, 1.82) is 0 Å². The Bertz CT molecular complexity index is 1010. The molecule has 3 aromatic rings. The molecule has 152 valence electrons. The van der Waals surface area contributed by atoms with Gasteiger partial charge in [-0.25, -0.2) is 0 Å². The van der Waals surface area contributed by atoms with Gasteiger partial charge in [-0.3, -0.25) is 0 Å². The number of H-pyrrole nitrogens is 1. The maximum atomic E-state index is 10.7. The zero-order valence-corrected chi connectivity index (χ0v) is 15.7. The third-order valence-electron chi connectivity index (χ3n) is 5.92. The number of hydrogen-bond donors (Lipinski definition) is 5. The van der Waals surface area contributed by atoms with E-state index in [0.29, 0.717) is 12.0 Å². The van der Waals surface area contributed by atoms with E-state index in [2.05, 4.69) is 17.1 Å². The molecule has 7 nitrogen and oxygen atoms in total. The molecule has 5 atom stereocenters. The van der Waals surface area contributed by atoms with Crippen molar-refractivity contribution in [3.63, 3.8) is 0 Å². The minimum absolute atomic E-state index is 0.208. The molecule has 0 saturated carbocycles. The van der Waals surface area contributed by atoms with Crippen LogP contribution in [0.3, 0.4) is 0 Å². The minimum Gasteiger partial charge on any atom is -0.394 e. The highest BCUT2D eigenvalue weighted by molar-refractivity contribution is 5.80.